The van der Waals surface area contributed by atoms with E-state index in [2.05, 4.69) is 20.4 Å². The van der Waals surface area contributed by atoms with Crippen LogP contribution in [0.15, 0.2) is 12.3 Å². The van der Waals surface area contributed by atoms with Crippen molar-refractivity contribution in [2.75, 3.05) is 19.7 Å². The molecule has 0 heterocycles. The van der Waals surface area contributed by atoms with Gasteiger partial charge in [-0.1, -0.05) is 27.4 Å². The number of esters is 1. The molecule has 0 fully saturated rings. The first-order valence-electron chi connectivity index (χ1n) is 5.78. The third kappa shape index (κ3) is 5.45. The van der Waals surface area contributed by atoms with Crippen molar-refractivity contribution >= 4 is 5.97 Å². The third-order valence-electron chi connectivity index (χ3n) is 2.04. The molecular formula is C12H23NO2. The van der Waals surface area contributed by atoms with Gasteiger partial charge in [0.25, 0.3) is 0 Å². The molecule has 0 N–H and O–H groups in total. The summed E-state index contributed by atoms with van der Waals surface area (Å²) in [4.78, 5) is 13.5. The van der Waals surface area contributed by atoms with Gasteiger partial charge >= 0.3 is 5.97 Å². The maximum Gasteiger partial charge on any atom is 0.353 e. The minimum atomic E-state index is -0.279. The summed E-state index contributed by atoms with van der Waals surface area (Å²) in [6.45, 7) is 12.2. The Kier molecular flexibility index (Phi) is 7.78. The summed E-state index contributed by atoms with van der Waals surface area (Å²) in [6, 6.07) is 0. The minimum absolute atomic E-state index is 0.279. The van der Waals surface area contributed by atoms with E-state index in [0.717, 1.165) is 32.4 Å². The Hall–Kier alpha value is -0.990. The van der Waals surface area contributed by atoms with E-state index < -0.39 is 0 Å². The number of carbonyl (C=O) groups is 1. The second kappa shape index (κ2) is 8.33. The molecular weight excluding hydrogens is 190 g/mol. The van der Waals surface area contributed by atoms with E-state index in [1.165, 1.54) is 0 Å². The normalized spacial score (nSPS) is 9.80. The summed E-state index contributed by atoms with van der Waals surface area (Å²) >= 11 is 0. The highest BCUT2D eigenvalue weighted by atomic mass is 16.5. The van der Waals surface area contributed by atoms with E-state index in [1.54, 1.807) is 0 Å². The summed E-state index contributed by atoms with van der Waals surface area (Å²) in [5, 5.41) is 0. The van der Waals surface area contributed by atoms with Crippen molar-refractivity contribution in [3.8, 4) is 0 Å². The van der Waals surface area contributed by atoms with Crippen LogP contribution in [0.3, 0.4) is 0 Å². The predicted octanol–water partition coefficient (Wildman–Crippen LogP) is 2.58. The fourth-order valence-corrected chi connectivity index (χ4v) is 1.33. The van der Waals surface area contributed by atoms with Gasteiger partial charge in [0.1, 0.15) is 5.70 Å². The predicted molar refractivity (Wildman–Crippen MR) is 62.5 cm³/mol. The van der Waals surface area contributed by atoms with E-state index in [9.17, 15) is 4.79 Å². The molecule has 0 saturated carbocycles. The van der Waals surface area contributed by atoms with Crippen molar-refractivity contribution in [1.29, 1.82) is 0 Å². The third-order valence-corrected chi connectivity index (χ3v) is 2.04. The van der Waals surface area contributed by atoms with Crippen molar-refractivity contribution in [3.05, 3.63) is 12.3 Å². The number of hydrogen-bond acceptors (Lipinski definition) is 3. The largest absolute Gasteiger partial charge is 0.461 e. The molecule has 88 valence electrons. The van der Waals surface area contributed by atoms with Gasteiger partial charge in [0, 0.05) is 13.1 Å². The maximum atomic E-state index is 11.5. The van der Waals surface area contributed by atoms with Crippen molar-refractivity contribution in [2.24, 2.45) is 0 Å². The van der Waals surface area contributed by atoms with E-state index in [-0.39, 0.29) is 5.97 Å². The zero-order valence-corrected chi connectivity index (χ0v) is 10.2. The fraction of sp³-hybridized carbons (Fsp3) is 0.750. The molecule has 15 heavy (non-hydrogen) atoms. The van der Waals surface area contributed by atoms with Gasteiger partial charge in [0.2, 0.25) is 0 Å². The highest BCUT2D eigenvalue weighted by Crippen LogP contribution is 2.06. The van der Waals surface area contributed by atoms with Gasteiger partial charge in [-0.15, -0.1) is 0 Å². The minimum Gasteiger partial charge on any atom is -0.461 e. The number of ether oxygens (including phenoxy) is 1. The first kappa shape index (κ1) is 14.0. The Morgan fingerprint density at radius 3 is 2.07 bits per heavy atom. The van der Waals surface area contributed by atoms with E-state index in [1.807, 2.05) is 11.8 Å². The smallest absolute Gasteiger partial charge is 0.353 e. The molecule has 3 nitrogen and oxygen atoms in total. The van der Waals surface area contributed by atoms with Gasteiger partial charge in [0.05, 0.1) is 6.61 Å². The monoisotopic (exact) mass is 213 g/mol. The molecule has 0 atom stereocenters. The Balaban J connectivity index is 4.15. The van der Waals surface area contributed by atoms with Crippen molar-refractivity contribution < 1.29 is 9.53 Å². The lowest BCUT2D eigenvalue weighted by Crippen LogP contribution is -2.29. The Morgan fingerprint density at radius 2 is 1.67 bits per heavy atom. The van der Waals surface area contributed by atoms with Crippen LogP contribution in [0.1, 0.15) is 40.0 Å². The molecule has 0 spiro atoms. The molecule has 0 saturated heterocycles. The molecule has 0 radical (unpaired) electrons. The molecule has 0 aliphatic heterocycles. The number of carbonyl (C=O) groups excluding carboxylic acids is 1. The molecule has 3 heteroatoms. The van der Waals surface area contributed by atoms with Gasteiger partial charge in [-0.25, -0.2) is 4.79 Å². The van der Waals surface area contributed by atoms with E-state index in [0.29, 0.717) is 12.3 Å². The topological polar surface area (TPSA) is 29.5 Å². The van der Waals surface area contributed by atoms with Crippen LogP contribution in [0.5, 0.6) is 0 Å². The number of rotatable bonds is 8. The molecule has 0 bridgehead atoms. The van der Waals surface area contributed by atoms with Gasteiger partial charge in [-0.3, -0.25) is 0 Å². The quantitative estimate of drug-likeness (QED) is 0.458. The van der Waals surface area contributed by atoms with E-state index >= 15 is 0 Å². The average Bonchev–Trinajstić information content (AvgIpc) is 2.24. The zero-order valence-electron chi connectivity index (χ0n) is 10.2. The van der Waals surface area contributed by atoms with Gasteiger partial charge < -0.3 is 9.64 Å². The van der Waals surface area contributed by atoms with Crippen LogP contribution in [0.2, 0.25) is 0 Å². The molecule has 0 aromatic heterocycles. The molecule has 0 unspecified atom stereocenters. The van der Waals surface area contributed by atoms with Crippen molar-refractivity contribution in [2.45, 2.75) is 40.0 Å². The van der Waals surface area contributed by atoms with Crippen LogP contribution in [0, 0.1) is 0 Å². The van der Waals surface area contributed by atoms with Crippen molar-refractivity contribution in [1.82, 2.24) is 4.90 Å². The number of nitrogens with zero attached hydrogens (tertiary/aromatic N) is 1. The van der Waals surface area contributed by atoms with Crippen LogP contribution >= 0.6 is 0 Å². The molecule has 0 aromatic rings. The summed E-state index contributed by atoms with van der Waals surface area (Å²) in [5.41, 5.74) is 0.493. The SMILES string of the molecule is C=C(C(=O)OCCC)N(CCC)CCC. The second-order valence-electron chi connectivity index (χ2n) is 3.57. The van der Waals surface area contributed by atoms with Crippen molar-refractivity contribution in [3.63, 3.8) is 0 Å². The maximum absolute atomic E-state index is 11.5. The first-order chi connectivity index (χ1) is 7.17. The Morgan fingerprint density at radius 1 is 1.13 bits per heavy atom. The Labute approximate surface area is 93.1 Å². The first-order valence-corrected chi connectivity index (χ1v) is 5.78. The molecule has 0 aliphatic rings. The van der Waals surface area contributed by atoms with Crippen LogP contribution in [0.25, 0.3) is 0 Å². The van der Waals surface area contributed by atoms with Crippen LogP contribution < -0.4 is 0 Å². The molecule has 0 aromatic carbocycles. The summed E-state index contributed by atoms with van der Waals surface area (Å²) < 4.78 is 5.05. The second-order valence-corrected chi connectivity index (χ2v) is 3.57. The fourth-order valence-electron chi connectivity index (χ4n) is 1.33. The van der Waals surface area contributed by atoms with Gasteiger partial charge in [-0.05, 0) is 19.3 Å². The lowest BCUT2D eigenvalue weighted by molar-refractivity contribution is -0.140. The average molecular weight is 213 g/mol. The standard InChI is InChI=1S/C12H23NO2/c1-5-8-13(9-6-2)11(4)12(14)15-10-7-3/h4-10H2,1-3H3. The van der Waals surface area contributed by atoms with Crippen LogP contribution in [-0.2, 0) is 9.53 Å². The van der Waals surface area contributed by atoms with E-state index in [4.69, 9.17) is 4.74 Å². The molecule has 0 amide bonds. The van der Waals surface area contributed by atoms with Gasteiger partial charge in [0.15, 0.2) is 0 Å². The van der Waals surface area contributed by atoms with Crippen LogP contribution in [0.4, 0.5) is 0 Å². The summed E-state index contributed by atoms with van der Waals surface area (Å²) in [5.74, 6) is -0.279. The van der Waals surface area contributed by atoms with Crippen LogP contribution in [-0.4, -0.2) is 30.6 Å². The summed E-state index contributed by atoms with van der Waals surface area (Å²) in [6.07, 6.45) is 2.88. The lowest BCUT2D eigenvalue weighted by atomic mass is 10.3. The molecule has 0 aliphatic carbocycles. The lowest BCUT2D eigenvalue weighted by Gasteiger charge is -2.24. The summed E-state index contributed by atoms with van der Waals surface area (Å²) in [7, 11) is 0. The number of hydrogen-bond donors (Lipinski definition) is 0. The van der Waals surface area contributed by atoms with Gasteiger partial charge in [-0.2, -0.15) is 0 Å². The highest BCUT2D eigenvalue weighted by molar-refractivity contribution is 5.87. The highest BCUT2D eigenvalue weighted by Gasteiger charge is 2.14. The molecule has 0 rings (SSSR count). The zero-order chi connectivity index (χ0) is 11.7. The Bertz CT molecular complexity index is 196.